The molecule has 37 heavy (non-hydrogen) atoms. The molecule has 0 unspecified atom stereocenters. The van der Waals surface area contributed by atoms with Crippen molar-refractivity contribution in [2.24, 2.45) is 0 Å². The van der Waals surface area contributed by atoms with Crippen LogP contribution in [0.15, 0.2) is 46.9 Å². The summed E-state index contributed by atoms with van der Waals surface area (Å²) in [6.07, 6.45) is -0.570. The van der Waals surface area contributed by atoms with Gasteiger partial charge in [0, 0.05) is 63.6 Å². The van der Waals surface area contributed by atoms with Crippen molar-refractivity contribution in [3.63, 3.8) is 0 Å². The standard InChI is InChI=1S/C27H34N6O3S/c1-18-14-32(16-26-29-30-27(36-26)20-5-7-21(8-6-20)31(3)4)11-12-33(18)15-22(34)17-35-23-9-10-25-24(13-23)28-19(2)37-25/h5-10,13,18,22,34H,11-12,14-17H2,1-4H3/t18-,22+/m0/s1. The van der Waals surface area contributed by atoms with Crippen LogP contribution in [0.3, 0.4) is 0 Å². The fraction of sp³-hybridized carbons (Fsp3) is 0.444. The van der Waals surface area contributed by atoms with Crippen LogP contribution in [-0.4, -0.2) is 89.1 Å². The molecule has 10 heteroatoms. The van der Waals surface area contributed by atoms with Crippen LogP contribution in [0, 0.1) is 6.92 Å². The lowest BCUT2D eigenvalue weighted by Gasteiger charge is -2.40. The highest BCUT2D eigenvalue weighted by molar-refractivity contribution is 7.18. The van der Waals surface area contributed by atoms with E-state index in [1.807, 2.05) is 63.5 Å². The van der Waals surface area contributed by atoms with Crippen LogP contribution in [0.1, 0.15) is 17.8 Å². The van der Waals surface area contributed by atoms with Crippen molar-refractivity contribution in [3.05, 3.63) is 53.4 Å². The summed E-state index contributed by atoms with van der Waals surface area (Å²) in [6, 6.07) is 14.3. The number of ether oxygens (including phenoxy) is 1. The van der Waals surface area contributed by atoms with E-state index >= 15 is 0 Å². The molecular weight excluding hydrogens is 488 g/mol. The fourth-order valence-electron chi connectivity index (χ4n) is 4.64. The molecule has 196 valence electrons. The number of aryl methyl sites for hydroxylation is 1. The number of nitrogens with zero attached hydrogens (tertiary/aromatic N) is 6. The van der Waals surface area contributed by atoms with Crippen LogP contribution in [0.25, 0.3) is 21.7 Å². The van der Waals surface area contributed by atoms with E-state index in [-0.39, 0.29) is 6.61 Å². The number of aliphatic hydroxyl groups excluding tert-OH is 1. The Morgan fingerprint density at radius 1 is 1.16 bits per heavy atom. The summed E-state index contributed by atoms with van der Waals surface area (Å²) >= 11 is 1.67. The normalized spacial score (nSPS) is 17.8. The van der Waals surface area contributed by atoms with Gasteiger partial charge in [0.1, 0.15) is 18.5 Å². The third kappa shape index (κ3) is 6.27. The highest BCUT2D eigenvalue weighted by Gasteiger charge is 2.26. The summed E-state index contributed by atoms with van der Waals surface area (Å²) in [5, 5.41) is 20.2. The zero-order valence-corrected chi connectivity index (χ0v) is 22.6. The Morgan fingerprint density at radius 2 is 1.97 bits per heavy atom. The van der Waals surface area contributed by atoms with E-state index in [0.29, 0.717) is 30.9 Å². The van der Waals surface area contributed by atoms with Gasteiger partial charge in [-0.05, 0) is 50.2 Å². The molecule has 5 rings (SSSR count). The molecule has 0 spiro atoms. The third-order valence-corrected chi connectivity index (χ3v) is 7.61. The quantitative estimate of drug-likeness (QED) is 0.354. The minimum Gasteiger partial charge on any atom is -0.491 e. The number of hydrogen-bond donors (Lipinski definition) is 1. The van der Waals surface area contributed by atoms with Gasteiger partial charge in [0.25, 0.3) is 0 Å². The SMILES string of the molecule is Cc1nc2cc(OC[C@H](O)CN3CCN(Cc4nnc(-c5ccc(N(C)C)cc5)o4)C[C@@H]3C)ccc2s1. The molecule has 1 aliphatic rings. The monoisotopic (exact) mass is 522 g/mol. The third-order valence-electron chi connectivity index (χ3n) is 6.66. The Balaban J connectivity index is 1.09. The van der Waals surface area contributed by atoms with Gasteiger partial charge in [0.15, 0.2) is 0 Å². The van der Waals surface area contributed by atoms with Crippen LogP contribution >= 0.6 is 11.3 Å². The summed E-state index contributed by atoms with van der Waals surface area (Å²) < 4.78 is 13.0. The number of β-amino-alcohol motifs (C(OH)–C–C–N with tert-alkyl or cyclic N) is 1. The van der Waals surface area contributed by atoms with Gasteiger partial charge in [0.05, 0.1) is 21.8 Å². The zero-order chi connectivity index (χ0) is 25.9. The summed E-state index contributed by atoms with van der Waals surface area (Å²) in [4.78, 5) is 11.2. The maximum Gasteiger partial charge on any atom is 0.247 e. The highest BCUT2D eigenvalue weighted by atomic mass is 32.1. The van der Waals surface area contributed by atoms with E-state index in [9.17, 15) is 5.11 Å². The molecule has 2 aromatic heterocycles. The summed E-state index contributed by atoms with van der Waals surface area (Å²) in [6.45, 7) is 8.21. The van der Waals surface area contributed by atoms with Crippen molar-refractivity contribution < 1.29 is 14.3 Å². The molecular formula is C27H34N6O3S. The molecule has 9 nitrogen and oxygen atoms in total. The largest absolute Gasteiger partial charge is 0.491 e. The first-order valence-corrected chi connectivity index (χ1v) is 13.4. The second kappa shape index (κ2) is 11.1. The smallest absolute Gasteiger partial charge is 0.247 e. The summed E-state index contributed by atoms with van der Waals surface area (Å²) in [7, 11) is 4.03. The number of thiazole rings is 1. The Kier molecular flexibility index (Phi) is 7.71. The van der Waals surface area contributed by atoms with E-state index in [1.165, 1.54) is 0 Å². The first kappa shape index (κ1) is 25.6. The molecule has 0 radical (unpaired) electrons. The second-order valence-electron chi connectivity index (χ2n) is 9.85. The second-order valence-corrected chi connectivity index (χ2v) is 11.1. The number of rotatable bonds is 9. The predicted octanol–water partition coefficient (Wildman–Crippen LogP) is 3.67. The number of benzene rings is 2. The lowest BCUT2D eigenvalue weighted by molar-refractivity contribution is 0.0178. The fourth-order valence-corrected chi connectivity index (χ4v) is 5.45. The van der Waals surface area contributed by atoms with Gasteiger partial charge in [-0.3, -0.25) is 9.80 Å². The van der Waals surface area contributed by atoms with Crippen LogP contribution < -0.4 is 9.64 Å². The molecule has 2 aromatic carbocycles. The maximum absolute atomic E-state index is 10.6. The van der Waals surface area contributed by atoms with Crippen LogP contribution in [0.4, 0.5) is 5.69 Å². The van der Waals surface area contributed by atoms with Crippen molar-refractivity contribution >= 4 is 27.2 Å². The zero-order valence-electron chi connectivity index (χ0n) is 21.8. The van der Waals surface area contributed by atoms with E-state index in [2.05, 4.69) is 36.8 Å². The Hall–Kier alpha value is -3.05. The number of aliphatic hydroxyl groups is 1. The van der Waals surface area contributed by atoms with Gasteiger partial charge in [-0.1, -0.05) is 0 Å². The number of piperazine rings is 1. The van der Waals surface area contributed by atoms with Crippen LogP contribution in [0.2, 0.25) is 0 Å². The number of anilines is 1. The molecule has 0 bridgehead atoms. The Labute approximate surface area is 221 Å². The van der Waals surface area contributed by atoms with E-state index < -0.39 is 6.10 Å². The van der Waals surface area contributed by atoms with E-state index in [0.717, 1.165) is 51.9 Å². The average Bonchev–Trinajstić information content (AvgIpc) is 3.49. The Bertz CT molecular complexity index is 1320. The molecule has 3 heterocycles. The average molecular weight is 523 g/mol. The van der Waals surface area contributed by atoms with Crippen molar-refractivity contribution in [1.82, 2.24) is 25.0 Å². The van der Waals surface area contributed by atoms with Gasteiger partial charge >= 0.3 is 0 Å². The van der Waals surface area contributed by atoms with Gasteiger partial charge in [0.2, 0.25) is 11.8 Å². The van der Waals surface area contributed by atoms with Crippen molar-refractivity contribution in [2.75, 3.05) is 51.8 Å². The van der Waals surface area contributed by atoms with Crippen molar-refractivity contribution in [3.8, 4) is 17.2 Å². The molecule has 2 atom stereocenters. The van der Waals surface area contributed by atoms with Crippen LogP contribution in [0.5, 0.6) is 5.75 Å². The minimum absolute atomic E-state index is 0.252. The molecule has 0 aliphatic carbocycles. The maximum atomic E-state index is 10.6. The van der Waals surface area contributed by atoms with Crippen LogP contribution in [-0.2, 0) is 6.54 Å². The number of hydrogen-bond acceptors (Lipinski definition) is 10. The molecule has 4 aromatic rings. The molecule has 0 saturated carbocycles. The van der Waals surface area contributed by atoms with Gasteiger partial charge < -0.3 is 19.2 Å². The summed E-state index contributed by atoms with van der Waals surface area (Å²) in [5.74, 6) is 1.90. The van der Waals surface area contributed by atoms with Crippen molar-refractivity contribution in [1.29, 1.82) is 0 Å². The summed E-state index contributed by atoms with van der Waals surface area (Å²) in [5.41, 5.74) is 2.98. The Morgan fingerprint density at radius 3 is 2.73 bits per heavy atom. The highest BCUT2D eigenvalue weighted by Crippen LogP contribution is 2.26. The molecule has 1 aliphatic heterocycles. The van der Waals surface area contributed by atoms with E-state index in [4.69, 9.17) is 9.15 Å². The molecule has 1 fully saturated rings. The van der Waals surface area contributed by atoms with Crippen molar-refractivity contribution in [2.45, 2.75) is 32.5 Å². The first-order chi connectivity index (χ1) is 17.8. The minimum atomic E-state index is -0.570. The lowest BCUT2D eigenvalue weighted by Crippen LogP contribution is -2.53. The first-order valence-electron chi connectivity index (χ1n) is 12.6. The predicted molar refractivity (Wildman–Crippen MR) is 146 cm³/mol. The number of fused-ring (bicyclic) bond motifs is 1. The van der Waals surface area contributed by atoms with Gasteiger partial charge in [-0.25, -0.2) is 4.98 Å². The lowest BCUT2D eigenvalue weighted by atomic mass is 10.1. The molecule has 1 N–H and O–H groups in total. The number of aromatic nitrogens is 3. The van der Waals surface area contributed by atoms with Gasteiger partial charge in [-0.15, -0.1) is 21.5 Å². The molecule has 0 amide bonds. The van der Waals surface area contributed by atoms with E-state index in [1.54, 1.807) is 11.3 Å². The molecule has 1 saturated heterocycles. The topological polar surface area (TPSA) is 91.0 Å². The van der Waals surface area contributed by atoms with Gasteiger partial charge in [-0.2, -0.15) is 0 Å².